The van der Waals surface area contributed by atoms with Gasteiger partial charge in [-0.25, -0.2) is 4.79 Å². The van der Waals surface area contributed by atoms with Crippen LogP contribution in [0.2, 0.25) is 0 Å². The fourth-order valence-electron chi connectivity index (χ4n) is 2.50. The van der Waals surface area contributed by atoms with Gasteiger partial charge in [-0.2, -0.15) is 0 Å². The van der Waals surface area contributed by atoms with Gasteiger partial charge in [-0.1, -0.05) is 0 Å². The highest BCUT2D eigenvalue weighted by Crippen LogP contribution is 2.35. The molecule has 0 spiro atoms. The summed E-state index contributed by atoms with van der Waals surface area (Å²) >= 11 is 0. The SMILES string of the molecule is COc1cc(C(Nc2ccc(C(=N)N)cc2)C(=O)O)cc(C(=O)[O-])c1OC. The van der Waals surface area contributed by atoms with Crippen LogP contribution in [-0.4, -0.2) is 37.1 Å². The molecule has 2 aromatic rings. The fourth-order valence-corrected chi connectivity index (χ4v) is 2.50. The second-order valence-corrected chi connectivity index (χ2v) is 5.50. The second kappa shape index (κ2) is 8.09. The van der Waals surface area contributed by atoms with Crippen molar-refractivity contribution in [2.75, 3.05) is 19.5 Å². The third kappa shape index (κ3) is 4.27. The molecule has 0 aliphatic rings. The number of carboxylic acids is 2. The molecule has 5 N–H and O–H groups in total. The molecular formula is C18H18N3O6-. The maximum absolute atomic E-state index is 11.8. The molecule has 2 aromatic carbocycles. The number of methoxy groups -OCH3 is 2. The van der Waals surface area contributed by atoms with Gasteiger partial charge in [0.05, 0.1) is 20.2 Å². The highest BCUT2D eigenvalue weighted by Gasteiger charge is 2.24. The van der Waals surface area contributed by atoms with Crippen LogP contribution in [0, 0.1) is 5.41 Å². The third-order valence-corrected chi connectivity index (χ3v) is 3.81. The van der Waals surface area contributed by atoms with Crippen molar-refractivity contribution in [3.63, 3.8) is 0 Å². The van der Waals surface area contributed by atoms with Crippen molar-refractivity contribution >= 4 is 23.5 Å². The van der Waals surface area contributed by atoms with E-state index in [2.05, 4.69) is 5.32 Å². The molecular weight excluding hydrogens is 354 g/mol. The van der Waals surface area contributed by atoms with E-state index in [4.69, 9.17) is 20.6 Å². The topological polar surface area (TPSA) is 158 Å². The number of ether oxygens (including phenoxy) is 2. The lowest BCUT2D eigenvalue weighted by Crippen LogP contribution is -2.25. The lowest BCUT2D eigenvalue weighted by molar-refractivity contribution is -0.255. The Hall–Kier alpha value is -3.75. The number of anilines is 1. The number of hydrogen-bond donors (Lipinski definition) is 4. The van der Waals surface area contributed by atoms with Crippen LogP contribution in [0.15, 0.2) is 36.4 Å². The molecule has 0 saturated carbocycles. The molecule has 0 radical (unpaired) electrons. The molecule has 9 nitrogen and oxygen atoms in total. The maximum Gasteiger partial charge on any atom is 0.330 e. The van der Waals surface area contributed by atoms with Gasteiger partial charge in [0.15, 0.2) is 17.5 Å². The summed E-state index contributed by atoms with van der Waals surface area (Å²) in [4.78, 5) is 23.2. The van der Waals surface area contributed by atoms with E-state index in [-0.39, 0.29) is 28.5 Å². The summed E-state index contributed by atoms with van der Waals surface area (Å²) in [6.07, 6.45) is 0. The minimum Gasteiger partial charge on any atom is -0.545 e. The summed E-state index contributed by atoms with van der Waals surface area (Å²) in [7, 11) is 2.58. The van der Waals surface area contributed by atoms with Crippen LogP contribution in [0.4, 0.5) is 5.69 Å². The number of amidine groups is 1. The zero-order valence-electron chi connectivity index (χ0n) is 14.6. The summed E-state index contributed by atoms with van der Waals surface area (Å²) in [5.74, 6) is -2.87. The molecule has 1 atom stereocenters. The molecule has 0 fully saturated rings. The van der Waals surface area contributed by atoms with Crippen molar-refractivity contribution in [1.29, 1.82) is 5.41 Å². The lowest BCUT2D eigenvalue weighted by Gasteiger charge is -2.20. The van der Waals surface area contributed by atoms with E-state index in [0.717, 1.165) is 6.07 Å². The summed E-state index contributed by atoms with van der Waals surface area (Å²) < 4.78 is 10.1. The minimum atomic E-state index is -1.53. The van der Waals surface area contributed by atoms with E-state index >= 15 is 0 Å². The maximum atomic E-state index is 11.8. The second-order valence-electron chi connectivity index (χ2n) is 5.50. The molecule has 0 amide bonds. The largest absolute Gasteiger partial charge is 0.545 e. The molecule has 0 heterocycles. The van der Waals surface area contributed by atoms with Crippen LogP contribution >= 0.6 is 0 Å². The van der Waals surface area contributed by atoms with Crippen LogP contribution in [-0.2, 0) is 4.79 Å². The van der Waals surface area contributed by atoms with Crippen LogP contribution in [0.5, 0.6) is 11.5 Å². The average Bonchev–Trinajstić information content (AvgIpc) is 2.64. The van der Waals surface area contributed by atoms with Crippen molar-refractivity contribution in [1.82, 2.24) is 0 Å². The lowest BCUT2D eigenvalue weighted by atomic mass is 10.0. The first-order valence-electron chi connectivity index (χ1n) is 7.69. The number of nitrogens with one attached hydrogen (secondary N) is 2. The first-order chi connectivity index (χ1) is 12.8. The first-order valence-corrected chi connectivity index (χ1v) is 7.69. The van der Waals surface area contributed by atoms with E-state index in [9.17, 15) is 19.8 Å². The van der Waals surface area contributed by atoms with Gasteiger partial charge >= 0.3 is 5.97 Å². The van der Waals surface area contributed by atoms with Crippen LogP contribution in [0.3, 0.4) is 0 Å². The Morgan fingerprint density at radius 3 is 2.26 bits per heavy atom. The zero-order chi connectivity index (χ0) is 20.1. The predicted octanol–water partition coefficient (Wildman–Crippen LogP) is 0.589. The van der Waals surface area contributed by atoms with Crippen LogP contribution < -0.4 is 25.6 Å². The highest BCUT2D eigenvalue weighted by atomic mass is 16.5. The van der Waals surface area contributed by atoms with Gasteiger partial charge in [-0.05, 0) is 42.0 Å². The van der Waals surface area contributed by atoms with Crippen molar-refractivity contribution in [2.24, 2.45) is 5.73 Å². The normalized spacial score (nSPS) is 11.3. The molecule has 2 rings (SSSR count). The molecule has 0 aliphatic carbocycles. The number of rotatable bonds is 8. The number of aromatic carboxylic acids is 1. The van der Waals surface area contributed by atoms with Gasteiger partial charge in [-0.3, -0.25) is 5.41 Å². The van der Waals surface area contributed by atoms with Gasteiger partial charge in [0, 0.05) is 16.8 Å². The Labute approximate surface area is 154 Å². The Bertz CT molecular complexity index is 879. The van der Waals surface area contributed by atoms with E-state index in [0.29, 0.717) is 11.3 Å². The van der Waals surface area contributed by atoms with E-state index in [1.165, 1.54) is 20.3 Å². The van der Waals surface area contributed by atoms with Gasteiger partial charge in [0.25, 0.3) is 0 Å². The first kappa shape index (κ1) is 19.6. The Balaban J connectivity index is 2.47. The van der Waals surface area contributed by atoms with Crippen LogP contribution in [0.1, 0.15) is 27.5 Å². The molecule has 1 unspecified atom stereocenters. The molecule has 142 valence electrons. The molecule has 0 aromatic heterocycles. The molecule has 9 heteroatoms. The summed E-state index contributed by atoms with van der Waals surface area (Å²) in [6.45, 7) is 0. The summed E-state index contributed by atoms with van der Waals surface area (Å²) in [5.41, 5.74) is 6.12. The molecule has 0 bridgehead atoms. The standard InChI is InChI=1S/C18H19N3O6/c1-26-13-8-10(7-12(17(22)23)15(13)27-2)14(18(24)25)21-11-5-3-9(4-6-11)16(19)20/h3-8,14,21H,1-2H3,(H3,19,20)(H,22,23)(H,24,25)/p-1. The Morgan fingerprint density at radius 2 is 1.81 bits per heavy atom. The van der Waals surface area contributed by atoms with Crippen molar-refractivity contribution in [2.45, 2.75) is 6.04 Å². The fraction of sp³-hybridized carbons (Fsp3) is 0.167. The number of carbonyl (C=O) groups excluding carboxylic acids is 1. The summed E-state index contributed by atoms with van der Waals surface area (Å²) in [6, 6.07) is 7.51. The summed E-state index contributed by atoms with van der Waals surface area (Å²) in [5, 5.41) is 31.2. The number of nitrogens with two attached hydrogens (primary N) is 1. The Morgan fingerprint density at radius 1 is 1.19 bits per heavy atom. The van der Waals surface area contributed by atoms with Crippen LogP contribution in [0.25, 0.3) is 0 Å². The van der Waals surface area contributed by atoms with Gasteiger partial charge in [-0.15, -0.1) is 0 Å². The highest BCUT2D eigenvalue weighted by molar-refractivity contribution is 5.95. The number of nitrogen functional groups attached to an aromatic ring is 1. The Kier molecular flexibility index (Phi) is 5.86. The van der Waals surface area contributed by atoms with Crippen molar-refractivity contribution < 1.29 is 29.3 Å². The molecule has 0 saturated heterocycles. The van der Waals surface area contributed by atoms with Gasteiger partial charge in [0.2, 0.25) is 0 Å². The smallest absolute Gasteiger partial charge is 0.330 e. The van der Waals surface area contributed by atoms with Crippen molar-refractivity contribution in [3.8, 4) is 11.5 Å². The van der Waals surface area contributed by atoms with Gasteiger partial charge in [0.1, 0.15) is 5.84 Å². The third-order valence-electron chi connectivity index (χ3n) is 3.81. The number of aliphatic carboxylic acids is 1. The van der Waals surface area contributed by atoms with Gasteiger partial charge < -0.3 is 35.5 Å². The predicted molar refractivity (Wildman–Crippen MR) is 95.3 cm³/mol. The average molecular weight is 372 g/mol. The number of benzene rings is 2. The van der Waals surface area contributed by atoms with E-state index < -0.39 is 18.0 Å². The molecule has 27 heavy (non-hydrogen) atoms. The number of hydrogen-bond acceptors (Lipinski definition) is 7. The van der Waals surface area contributed by atoms with E-state index in [1.54, 1.807) is 24.3 Å². The van der Waals surface area contributed by atoms with E-state index in [1.807, 2.05) is 0 Å². The number of carboxylic acid groups (broad SMARTS) is 2. The monoisotopic (exact) mass is 372 g/mol. The molecule has 0 aliphatic heterocycles. The minimum absolute atomic E-state index is 0.0591. The zero-order valence-corrected chi connectivity index (χ0v) is 14.6. The van der Waals surface area contributed by atoms with Crippen molar-refractivity contribution in [3.05, 3.63) is 53.1 Å². The quantitative estimate of drug-likeness (QED) is 0.387. The number of carbonyl (C=O) groups is 2.